The molecule has 4 nitrogen and oxygen atoms in total. The maximum Gasteiger partial charge on any atom is 0.436 e. The Morgan fingerprint density at radius 3 is 2.63 bits per heavy atom. The van der Waals surface area contributed by atoms with Gasteiger partial charge in [0.25, 0.3) is 0 Å². The molecule has 0 spiro atoms. The summed E-state index contributed by atoms with van der Waals surface area (Å²) < 4.78 is 38.9. The van der Waals surface area contributed by atoms with Gasteiger partial charge in [0.05, 0.1) is 16.7 Å². The van der Waals surface area contributed by atoms with Gasteiger partial charge in [-0.05, 0) is 22.9 Å². The molecule has 9 heteroatoms. The topological polar surface area (TPSA) is 46.9 Å². The van der Waals surface area contributed by atoms with Crippen LogP contribution in [0.4, 0.5) is 13.2 Å². The minimum Gasteiger partial charge on any atom is -0.355 e. The van der Waals surface area contributed by atoms with E-state index in [0.29, 0.717) is 18.0 Å². The Kier molecular flexibility index (Phi) is 5.72. The van der Waals surface area contributed by atoms with Crippen molar-refractivity contribution in [3.63, 3.8) is 0 Å². The summed E-state index contributed by atoms with van der Waals surface area (Å²) in [6.45, 7) is 2.04. The normalized spacial score (nSPS) is 11.7. The largest absolute Gasteiger partial charge is 0.436 e. The SMILES string of the molecule is Cc1c(Br)c(C(F)(F)F)nn1CCC(=O)NCCS. The van der Waals surface area contributed by atoms with Crippen LogP contribution in [0.3, 0.4) is 0 Å². The third-order valence-corrected chi connectivity index (χ3v) is 3.56. The van der Waals surface area contributed by atoms with E-state index in [1.54, 1.807) is 0 Å². The molecule has 0 bridgehead atoms. The maximum absolute atomic E-state index is 12.6. The van der Waals surface area contributed by atoms with Crippen molar-refractivity contribution in [1.82, 2.24) is 15.1 Å². The first-order valence-electron chi connectivity index (χ1n) is 5.45. The molecule has 0 aliphatic rings. The van der Waals surface area contributed by atoms with Crippen molar-refractivity contribution in [3.8, 4) is 0 Å². The van der Waals surface area contributed by atoms with Gasteiger partial charge in [0.1, 0.15) is 0 Å². The molecule has 108 valence electrons. The van der Waals surface area contributed by atoms with Crippen LogP contribution in [0, 0.1) is 6.92 Å². The van der Waals surface area contributed by atoms with Gasteiger partial charge >= 0.3 is 6.18 Å². The van der Waals surface area contributed by atoms with Crippen LogP contribution < -0.4 is 5.32 Å². The summed E-state index contributed by atoms with van der Waals surface area (Å²) >= 11 is 6.81. The average Bonchev–Trinajstić information content (AvgIpc) is 2.61. The second-order valence-corrected chi connectivity index (χ2v) is 5.03. The van der Waals surface area contributed by atoms with Gasteiger partial charge < -0.3 is 5.32 Å². The number of aryl methyl sites for hydroxylation is 1. The maximum atomic E-state index is 12.6. The number of nitrogens with one attached hydrogen (secondary N) is 1. The molecule has 19 heavy (non-hydrogen) atoms. The van der Waals surface area contributed by atoms with Crippen LogP contribution in [-0.4, -0.2) is 28.0 Å². The average molecular weight is 360 g/mol. The molecule has 0 unspecified atom stereocenters. The van der Waals surface area contributed by atoms with Crippen molar-refractivity contribution in [1.29, 1.82) is 0 Å². The van der Waals surface area contributed by atoms with Crippen molar-refractivity contribution in [2.24, 2.45) is 0 Å². The first-order valence-corrected chi connectivity index (χ1v) is 6.87. The van der Waals surface area contributed by atoms with E-state index in [1.165, 1.54) is 11.6 Å². The fourth-order valence-corrected chi connectivity index (χ4v) is 2.03. The molecule has 0 aliphatic carbocycles. The lowest BCUT2D eigenvalue weighted by atomic mass is 10.3. The van der Waals surface area contributed by atoms with Crippen LogP contribution >= 0.6 is 28.6 Å². The Balaban J connectivity index is 2.73. The summed E-state index contributed by atoms with van der Waals surface area (Å²) in [5, 5.41) is 6.07. The molecule has 0 saturated carbocycles. The van der Waals surface area contributed by atoms with E-state index in [-0.39, 0.29) is 23.3 Å². The summed E-state index contributed by atoms with van der Waals surface area (Å²) in [4.78, 5) is 11.4. The zero-order valence-corrected chi connectivity index (χ0v) is 12.6. The molecule has 1 aromatic rings. The number of carbonyl (C=O) groups excluding carboxylic acids is 1. The number of aromatic nitrogens is 2. The van der Waals surface area contributed by atoms with Crippen LogP contribution in [0.5, 0.6) is 0 Å². The van der Waals surface area contributed by atoms with Crippen molar-refractivity contribution >= 4 is 34.5 Å². The highest BCUT2D eigenvalue weighted by molar-refractivity contribution is 9.10. The van der Waals surface area contributed by atoms with E-state index in [9.17, 15) is 18.0 Å². The fourth-order valence-electron chi connectivity index (χ4n) is 1.41. The lowest BCUT2D eigenvalue weighted by Gasteiger charge is -2.05. The molecule has 0 radical (unpaired) electrons. The zero-order chi connectivity index (χ0) is 14.6. The number of hydrogen-bond donors (Lipinski definition) is 2. The Labute approximate surface area is 122 Å². The quantitative estimate of drug-likeness (QED) is 0.793. The molecule has 1 heterocycles. The van der Waals surface area contributed by atoms with Crippen molar-refractivity contribution in [3.05, 3.63) is 15.9 Å². The molecule has 1 amide bonds. The monoisotopic (exact) mass is 359 g/mol. The number of rotatable bonds is 5. The predicted molar refractivity (Wildman–Crippen MR) is 71.1 cm³/mol. The van der Waals surface area contributed by atoms with Crippen LogP contribution in [0.15, 0.2) is 4.47 Å². The second kappa shape index (κ2) is 6.65. The summed E-state index contributed by atoms with van der Waals surface area (Å²) in [6.07, 6.45) is -4.44. The number of alkyl halides is 3. The minimum absolute atomic E-state index is 0.0695. The highest BCUT2D eigenvalue weighted by atomic mass is 79.9. The molecule has 1 aromatic heterocycles. The zero-order valence-electron chi connectivity index (χ0n) is 10.1. The highest BCUT2D eigenvalue weighted by Crippen LogP contribution is 2.35. The van der Waals surface area contributed by atoms with E-state index >= 15 is 0 Å². The number of amides is 1. The smallest absolute Gasteiger partial charge is 0.355 e. The van der Waals surface area contributed by atoms with Gasteiger partial charge in [-0.2, -0.15) is 30.9 Å². The minimum atomic E-state index is -4.51. The van der Waals surface area contributed by atoms with Crippen LogP contribution in [0.1, 0.15) is 17.8 Å². The molecule has 0 aromatic carbocycles. The molecular formula is C10H13BrF3N3OS. The van der Waals surface area contributed by atoms with Gasteiger partial charge in [-0.15, -0.1) is 0 Å². The standard InChI is InChI=1S/C10H13BrF3N3OS/c1-6-8(11)9(10(12,13)14)16-17(6)4-2-7(18)15-3-5-19/h19H,2-5H2,1H3,(H,15,18). The third kappa shape index (κ3) is 4.41. The van der Waals surface area contributed by atoms with Crippen molar-refractivity contribution < 1.29 is 18.0 Å². The van der Waals surface area contributed by atoms with Crippen LogP contribution in [0.25, 0.3) is 0 Å². The van der Waals surface area contributed by atoms with Gasteiger partial charge in [-0.25, -0.2) is 0 Å². The Bertz CT molecular complexity index is 462. The summed E-state index contributed by atoms with van der Waals surface area (Å²) in [7, 11) is 0. The summed E-state index contributed by atoms with van der Waals surface area (Å²) in [6, 6.07) is 0. The Morgan fingerprint density at radius 1 is 1.53 bits per heavy atom. The van der Waals surface area contributed by atoms with Gasteiger partial charge in [0.15, 0.2) is 5.69 Å². The lowest BCUT2D eigenvalue weighted by molar-refractivity contribution is -0.142. The van der Waals surface area contributed by atoms with E-state index < -0.39 is 11.9 Å². The van der Waals surface area contributed by atoms with Crippen LogP contribution in [0.2, 0.25) is 0 Å². The number of hydrogen-bond acceptors (Lipinski definition) is 3. The third-order valence-electron chi connectivity index (χ3n) is 2.39. The van der Waals surface area contributed by atoms with Gasteiger partial charge in [-0.1, -0.05) is 0 Å². The molecule has 1 rings (SSSR count). The highest BCUT2D eigenvalue weighted by Gasteiger charge is 2.37. The lowest BCUT2D eigenvalue weighted by Crippen LogP contribution is -2.26. The van der Waals surface area contributed by atoms with Crippen LogP contribution in [-0.2, 0) is 17.5 Å². The number of thiol groups is 1. The molecule has 1 N–H and O–H groups in total. The summed E-state index contributed by atoms with van der Waals surface area (Å²) in [5.74, 6) is 0.268. The van der Waals surface area contributed by atoms with E-state index in [0.717, 1.165) is 0 Å². The predicted octanol–water partition coefficient (Wildman–Crippen LogP) is 2.41. The Morgan fingerprint density at radius 2 is 2.16 bits per heavy atom. The van der Waals surface area contributed by atoms with Gasteiger partial charge in [-0.3, -0.25) is 9.48 Å². The van der Waals surface area contributed by atoms with E-state index in [1.807, 2.05) is 0 Å². The molecule has 0 atom stereocenters. The summed E-state index contributed by atoms with van der Waals surface area (Å²) in [5.41, 5.74) is -0.630. The number of halogens is 4. The van der Waals surface area contributed by atoms with E-state index in [4.69, 9.17) is 0 Å². The van der Waals surface area contributed by atoms with Gasteiger partial charge in [0.2, 0.25) is 5.91 Å². The van der Waals surface area contributed by atoms with E-state index in [2.05, 4.69) is 39.0 Å². The second-order valence-electron chi connectivity index (χ2n) is 3.79. The molecule has 0 aliphatic heterocycles. The number of nitrogens with zero attached hydrogens (tertiary/aromatic N) is 2. The number of carbonyl (C=O) groups is 1. The fraction of sp³-hybridized carbons (Fsp3) is 0.600. The van der Waals surface area contributed by atoms with Gasteiger partial charge in [0, 0.05) is 18.7 Å². The first-order chi connectivity index (χ1) is 8.77. The van der Waals surface area contributed by atoms with Crippen molar-refractivity contribution in [2.75, 3.05) is 12.3 Å². The first kappa shape index (κ1) is 16.4. The van der Waals surface area contributed by atoms with Crippen molar-refractivity contribution in [2.45, 2.75) is 26.1 Å². The molecular weight excluding hydrogens is 347 g/mol. The Hall–Kier alpha value is -0.700. The molecule has 0 fully saturated rings. The molecule has 0 saturated heterocycles.